The van der Waals surface area contributed by atoms with Crippen molar-refractivity contribution in [3.05, 3.63) is 11.3 Å². The Hall–Kier alpha value is -1.41. The van der Waals surface area contributed by atoms with Crippen LogP contribution in [-0.2, 0) is 4.79 Å². The van der Waals surface area contributed by atoms with E-state index in [4.69, 9.17) is 17.5 Å². The summed E-state index contributed by atoms with van der Waals surface area (Å²) in [4.78, 5) is 10.9. The second-order valence-electron chi connectivity index (χ2n) is 4.10. The third-order valence-electron chi connectivity index (χ3n) is 3.02. The van der Waals surface area contributed by atoms with Crippen molar-refractivity contribution in [3.8, 4) is 6.07 Å². The van der Waals surface area contributed by atoms with E-state index >= 15 is 0 Å². The average Bonchev–Trinajstić information content (AvgIpc) is 2.50. The Morgan fingerprint density at radius 2 is 1.89 bits per heavy atom. The molecule has 0 aromatic carbocycles. The van der Waals surface area contributed by atoms with Crippen LogP contribution in [0.5, 0.6) is 0 Å². The maximum absolute atomic E-state index is 10.9. The van der Waals surface area contributed by atoms with Crippen LogP contribution in [0.25, 0.3) is 0 Å². The molecule has 1 rings (SSSR count). The van der Waals surface area contributed by atoms with E-state index in [2.05, 4.69) is 10.6 Å². The zero-order chi connectivity index (χ0) is 14.7. The van der Waals surface area contributed by atoms with Crippen molar-refractivity contribution >= 4 is 23.6 Å². The number of aldehydes is 1. The molecule has 0 saturated heterocycles. The molecule has 4 nitrogen and oxygen atoms in total. The number of hydrogen-bond acceptors (Lipinski definition) is 3. The molecule has 2 N–H and O–H groups in total. The lowest BCUT2D eigenvalue weighted by molar-refractivity contribution is -0.104. The molecule has 1 fully saturated rings. The van der Waals surface area contributed by atoms with Gasteiger partial charge in [-0.15, -0.1) is 0 Å². The molecule has 0 aromatic rings. The van der Waals surface area contributed by atoms with Gasteiger partial charge >= 0.3 is 0 Å². The van der Waals surface area contributed by atoms with Gasteiger partial charge in [-0.1, -0.05) is 33.1 Å². The molecule has 0 heterocycles. The van der Waals surface area contributed by atoms with Gasteiger partial charge in [-0.25, -0.2) is 0 Å². The Balaban J connectivity index is 0.00000154. The van der Waals surface area contributed by atoms with Crippen LogP contribution in [0.4, 0.5) is 0 Å². The van der Waals surface area contributed by atoms with E-state index in [9.17, 15) is 4.79 Å². The van der Waals surface area contributed by atoms with Crippen LogP contribution in [0.3, 0.4) is 0 Å². The fourth-order valence-electron chi connectivity index (χ4n) is 2.12. The predicted molar refractivity (Wildman–Crippen MR) is 81.4 cm³/mol. The highest BCUT2D eigenvalue weighted by Gasteiger charge is 2.21. The minimum absolute atomic E-state index is 0.162. The lowest BCUT2D eigenvalue weighted by atomic mass is 9.85. The zero-order valence-electron chi connectivity index (χ0n) is 12.0. The molecule has 0 bridgehead atoms. The highest BCUT2D eigenvalue weighted by atomic mass is 32.1. The first-order valence-electron chi connectivity index (χ1n) is 6.81. The molecule has 5 heteroatoms. The highest BCUT2D eigenvalue weighted by Crippen LogP contribution is 2.29. The number of rotatable bonds is 3. The van der Waals surface area contributed by atoms with Crippen molar-refractivity contribution in [3.63, 3.8) is 0 Å². The van der Waals surface area contributed by atoms with Crippen molar-refractivity contribution in [2.24, 2.45) is 5.92 Å². The van der Waals surface area contributed by atoms with Crippen LogP contribution in [0, 0.1) is 17.2 Å². The van der Waals surface area contributed by atoms with Gasteiger partial charge < -0.3 is 10.6 Å². The fraction of sp³-hybridized carbons (Fsp3) is 0.643. The first-order valence-corrected chi connectivity index (χ1v) is 7.22. The van der Waals surface area contributed by atoms with Crippen LogP contribution in [0.15, 0.2) is 11.3 Å². The summed E-state index contributed by atoms with van der Waals surface area (Å²) in [5, 5.41) is 15.2. The molecule has 0 aromatic heterocycles. The molecule has 1 aliphatic carbocycles. The third kappa shape index (κ3) is 5.84. The molecule has 19 heavy (non-hydrogen) atoms. The summed E-state index contributed by atoms with van der Waals surface area (Å²) in [6.45, 7) is 4.00. The first-order chi connectivity index (χ1) is 9.22. The second-order valence-corrected chi connectivity index (χ2v) is 4.50. The lowest BCUT2D eigenvalue weighted by Crippen LogP contribution is -2.35. The lowest BCUT2D eigenvalue weighted by Gasteiger charge is -2.25. The minimum Gasteiger partial charge on any atom is -0.366 e. The summed E-state index contributed by atoms with van der Waals surface area (Å²) in [6, 6.07) is 1.94. The maximum Gasteiger partial charge on any atom is 0.170 e. The van der Waals surface area contributed by atoms with Crippen LogP contribution >= 0.6 is 12.2 Å². The Bertz CT molecular complexity index is 365. The van der Waals surface area contributed by atoms with Gasteiger partial charge in [0.1, 0.15) is 11.6 Å². The van der Waals surface area contributed by atoms with Gasteiger partial charge in [0.15, 0.2) is 11.4 Å². The van der Waals surface area contributed by atoms with E-state index < -0.39 is 0 Å². The SMILES string of the molecule is CC.CNC(=S)N/C(=C(/C#N)C=O)C1CCCCC1. The monoisotopic (exact) mass is 281 g/mol. The van der Waals surface area contributed by atoms with Crippen LogP contribution in [0.2, 0.25) is 0 Å². The molecule has 0 spiro atoms. The van der Waals surface area contributed by atoms with E-state index in [1.807, 2.05) is 19.9 Å². The summed E-state index contributed by atoms with van der Waals surface area (Å²) in [7, 11) is 1.71. The summed E-state index contributed by atoms with van der Waals surface area (Å²) in [5.74, 6) is 0.245. The molecule has 1 saturated carbocycles. The van der Waals surface area contributed by atoms with Gasteiger partial charge in [0.05, 0.1) is 0 Å². The van der Waals surface area contributed by atoms with Crippen molar-refractivity contribution in [1.82, 2.24) is 10.6 Å². The Labute approximate surface area is 121 Å². The van der Waals surface area contributed by atoms with Crippen molar-refractivity contribution in [2.75, 3.05) is 7.05 Å². The number of carbonyl (C=O) groups excluding carboxylic acids is 1. The normalized spacial score (nSPS) is 16.1. The summed E-state index contributed by atoms with van der Waals surface area (Å²) >= 11 is 5.03. The van der Waals surface area contributed by atoms with Crippen LogP contribution < -0.4 is 10.6 Å². The van der Waals surface area contributed by atoms with Crippen molar-refractivity contribution < 1.29 is 4.79 Å². The maximum atomic E-state index is 10.9. The van der Waals surface area contributed by atoms with Gasteiger partial charge in [-0.3, -0.25) is 4.79 Å². The standard InChI is InChI=1S/C12H17N3OS.C2H6/c1-14-12(17)15-11(10(7-13)8-16)9-5-3-2-4-6-9;1-2/h8-9H,2-6H2,1H3,(H2,14,15,17);1-2H3/b11-10-;. The van der Waals surface area contributed by atoms with Gasteiger partial charge in [-0.2, -0.15) is 5.26 Å². The number of nitrogens with zero attached hydrogens (tertiary/aromatic N) is 1. The molecule has 0 aliphatic heterocycles. The number of carbonyl (C=O) groups is 1. The van der Waals surface area contributed by atoms with Gasteiger partial charge in [0.25, 0.3) is 0 Å². The number of nitrogens with one attached hydrogen (secondary N) is 2. The van der Waals surface area contributed by atoms with Crippen LogP contribution in [-0.4, -0.2) is 18.4 Å². The van der Waals surface area contributed by atoms with E-state index in [0.29, 0.717) is 17.1 Å². The van der Waals surface area contributed by atoms with E-state index in [0.717, 1.165) is 25.7 Å². The Morgan fingerprint density at radius 1 is 1.32 bits per heavy atom. The van der Waals surface area contributed by atoms with Crippen molar-refractivity contribution in [2.45, 2.75) is 46.0 Å². The fourth-order valence-corrected chi connectivity index (χ4v) is 2.23. The topological polar surface area (TPSA) is 64.9 Å². The smallest absolute Gasteiger partial charge is 0.170 e. The van der Waals surface area contributed by atoms with E-state index in [-0.39, 0.29) is 11.5 Å². The third-order valence-corrected chi connectivity index (χ3v) is 3.32. The van der Waals surface area contributed by atoms with Gasteiger partial charge in [0, 0.05) is 18.7 Å². The summed E-state index contributed by atoms with van der Waals surface area (Å²) in [6.07, 6.45) is 6.12. The second kappa shape index (κ2) is 10.5. The minimum atomic E-state index is 0.162. The number of hydrogen-bond donors (Lipinski definition) is 2. The molecule has 0 amide bonds. The summed E-state index contributed by atoms with van der Waals surface area (Å²) < 4.78 is 0. The van der Waals surface area contributed by atoms with Gasteiger partial charge in [-0.05, 0) is 25.1 Å². The van der Waals surface area contributed by atoms with Crippen LogP contribution in [0.1, 0.15) is 46.0 Å². The molecule has 1 aliphatic rings. The molecule has 0 atom stereocenters. The highest BCUT2D eigenvalue weighted by molar-refractivity contribution is 7.80. The number of allylic oxidation sites excluding steroid dienone is 2. The molecule has 0 radical (unpaired) electrons. The quantitative estimate of drug-likeness (QED) is 0.360. The number of nitriles is 1. The molecule has 106 valence electrons. The van der Waals surface area contributed by atoms with Crippen molar-refractivity contribution in [1.29, 1.82) is 5.26 Å². The summed E-state index contributed by atoms with van der Waals surface area (Å²) in [5.41, 5.74) is 0.844. The molecular formula is C14H23N3OS. The Morgan fingerprint density at radius 3 is 2.32 bits per heavy atom. The molecular weight excluding hydrogens is 258 g/mol. The predicted octanol–water partition coefficient (Wildman–Crippen LogP) is 2.66. The first kappa shape index (κ1) is 17.6. The largest absolute Gasteiger partial charge is 0.366 e. The van der Waals surface area contributed by atoms with Gasteiger partial charge in [0.2, 0.25) is 0 Å². The number of thiocarbonyl (C=S) groups is 1. The average molecular weight is 281 g/mol. The molecule has 0 unspecified atom stereocenters. The van der Waals surface area contributed by atoms with E-state index in [1.54, 1.807) is 7.05 Å². The van der Waals surface area contributed by atoms with E-state index in [1.165, 1.54) is 6.42 Å². The Kier molecular flexibility index (Phi) is 9.73. The zero-order valence-corrected chi connectivity index (χ0v) is 12.8.